The lowest BCUT2D eigenvalue weighted by molar-refractivity contribution is -0.138. The van der Waals surface area contributed by atoms with Crippen LogP contribution in [0.15, 0.2) is 18.2 Å². The summed E-state index contributed by atoms with van der Waals surface area (Å²) in [5.41, 5.74) is 1.01. The third-order valence-electron chi connectivity index (χ3n) is 5.07. The molecule has 0 bridgehead atoms. The van der Waals surface area contributed by atoms with Crippen LogP contribution in [0.25, 0.3) is 0 Å². The molecule has 1 aliphatic heterocycles. The van der Waals surface area contributed by atoms with Crippen molar-refractivity contribution in [3.8, 4) is 11.5 Å². The second-order valence-corrected chi connectivity index (χ2v) is 6.95. The van der Waals surface area contributed by atoms with Crippen LogP contribution < -0.4 is 14.8 Å². The van der Waals surface area contributed by atoms with Gasteiger partial charge in [-0.15, -0.1) is 0 Å². The normalized spacial score (nSPS) is 23.6. The number of hydrogen-bond acceptors (Lipinski definition) is 4. The van der Waals surface area contributed by atoms with E-state index in [4.69, 9.17) is 9.47 Å². The molecular weight excluding hydrogens is 304 g/mol. The van der Waals surface area contributed by atoms with Gasteiger partial charge in [-0.2, -0.15) is 0 Å². The van der Waals surface area contributed by atoms with Gasteiger partial charge in [-0.3, -0.25) is 4.79 Å². The Hall–Kier alpha value is -1.75. The molecule has 1 amide bonds. The molecule has 3 rings (SSSR count). The number of hydrogen-bond donors (Lipinski definition) is 1. The Labute approximate surface area is 144 Å². The minimum absolute atomic E-state index is 0.137. The average molecular weight is 332 g/mol. The number of carbonyl (C=O) groups is 1. The van der Waals surface area contributed by atoms with Crippen molar-refractivity contribution in [2.75, 3.05) is 20.8 Å². The average Bonchev–Trinajstić information content (AvgIpc) is 3.43. The van der Waals surface area contributed by atoms with Crippen molar-refractivity contribution >= 4 is 5.91 Å². The monoisotopic (exact) mass is 332 g/mol. The summed E-state index contributed by atoms with van der Waals surface area (Å²) in [6.45, 7) is 3.69. The Kier molecular flexibility index (Phi) is 5.29. The molecule has 5 heteroatoms. The van der Waals surface area contributed by atoms with Crippen LogP contribution in [-0.2, 0) is 11.3 Å². The summed E-state index contributed by atoms with van der Waals surface area (Å²) in [5, 5.41) is 3.43. The fourth-order valence-corrected chi connectivity index (χ4v) is 3.55. The molecule has 0 radical (unpaired) electrons. The van der Waals surface area contributed by atoms with Gasteiger partial charge in [0, 0.05) is 30.1 Å². The predicted octanol–water partition coefficient (Wildman–Crippen LogP) is 2.58. The van der Waals surface area contributed by atoms with Crippen LogP contribution in [-0.4, -0.2) is 43.7 Å². The molecular formula is C19H28N2O3. The van der Waals surface area contributed by atoms with Gasteiger partial charge in [-0.25, -0.2) is 0 Å². The van der Waals surface area contributed by atoms with Gasteiger partial charge in [0.05, 0.1) is 14.2 Å². The number of nitrogens with one attached hydrogen (secondary N) is 1. The summed E-state index contributed by atoms with van der Waals surface area (Å²) in [6, 6.07) is 6.59. The lowest BCUT2D eigenvalue weighted by atomic mass is 9.91. The SMILES string of the molecule is COc1ccc(OC)c(CN(C(=O)[C@H]2CCN[C@@H](C)C2)C2CC2)c1. The van der Waals surface area contributed by atoms with Crippen LogP contribution in [0.2, 0.25) is 0 Å². The topological polar surface area (TPSA) is 50.8 Å². The van der Waals surface area contributed by atoms with Gasteiger partial charge >= 0.3 is 0 Å². The first-order valence-electron chi connectivity index (χ1n) is 8.87. The third-order valence-corrected chi connectivity index (χ3v) is 5.07. The third kappa shape index (κ3) is 3.83. The van der Waals surface area contributed by atoms with E-state index in [1.54, 1.807) is 14.2 Å². The van der Waals surface area contributed by atoms with Crippen molar-refractivity contribution in [2.24, 2.45) is 5.92 Å². The number of ether oxygens (including phenoxy) is 2. The molecule has 1 N–H and O–H groups in total. The quantitative estimate of drug-likeness (QED) is 0.870. The van der Waals surface area contributed by atoms with Gasteiger partial charge in [0.1, 0.15) is 11.5 Å². The molecule has 1 aromatic carbocycles. The Morgan fingerprint density at radius 3 is 2.67 bits per heavy atom. The molecule has 1 aromatic rings. The second kappa shape index (κ2) is 7.43. The van der Waals surface area contributed by atoms with Crippen LogP contribution in [0.4, 0.5) is 0 Å². The van der Waals surface area contributed by atoms with Crippen molar-refractivity contribution in [1.82, 2.24) is 10.2 Å². The second-order valence-electron chi connectivity index (χ2n) is 6.95. The lowest BCUT2D eigenvalue weighted by Crippen LogP contribution is -2.44. The number of nitrogens with zero attached hydrogens (tertiary/aromatic N) is 1. The van der Waals surface area contributed by atoms with Crippen molar-refractivity contribution < 1.29 is 14.3 Å². The van der Waals surface area contributed by atoms with E-state index in [0.29, 0.717) is 24.5 Å². The number of rotatable bonds is 6. The number of piperidine rings is 1. The molecule has 1 saturated heterocycles. The van der Waals surface area contributed by atoms with Crippen molar-refractivity contribution in [2.45, 2.75) is 51.2 Å². The highest BCUT2D eigenvalue weighted by Gasteiger charge is 2.37. The zero-order chi connectivity index (χ0) is 17.1. The van der Waals surface area contributed by atoms with Gasteiger partial charge in [-0.05, 0) is 57.4 Å². The fourth-order valence-electron chi connectivity index (χ4n) is 3.55. The van der Waals surface area contributed by atoms with Gasteiger partial charge in [-0.1, -0.05) is 0 Å². The van der Waals surface area contributed by atoms with Crippen LogP contribution >= 0.6 is 0 Å². The van der Waals surface area contributed by atoms with Gasteiger partial charge in [0.25, 0.3) is 0 Å². The molecule has 5 nitrogen and oxygen atoms in total. The maximum absolute atomic E-state index is 13.1. The number of carbonyl (C=O) groups excluding carboxylic acids is 1. The first kappa shape index (κ1) is 17.1. The maximum Gasteiger partial charge on any atom is 0.226 e. The highest BCUT2D eigenvalue weighted by atomic mass is 16.5. The molecule has 0 spiro atoms. The standard InChI is InChI=1S/C19H28N2O3/c1-13-10-14(8-9-20-13)19(22)21(16-4-5-16)12-15-11-17(23-2)6-7-18(15)24-3/h6-7,11,13-14,16,20H,4-5,8-10,12H2,1-3H3/t13-,14-/m0/s1. The molecule has 0 aromatic heterocycles. The van der Waals surface area contributed by atoms with E-state index in [-0.39, 0.29) is 5.92 Å². The number of amides is 1. The smallest absolute Gasteiger partial charge is 0.226 e. The van der Waals surface area contributed by atoms with Crippen molar-refractivity contribution in [1.29, 1.82) is 0 Å². The van der Waals surface area contributed by atoms with E-state index in [1.165, 1.54) is 0 Å². The van der Waals surface area contributed by atoms with E-state index in [0.717, 1.165) is 49.3 Å². The molecule has 24 heavy (non-hydrogen) atoms. The molecule has 1 saturated carbocycles. The Bertz CT molecular complexity index is 586. The molecule has 1 heterocycles. The Balaban J connectivity index is 1.78. The van der Waals surface area contributed by atoms with Crippen LogP contribution in [0.3, 0.4) is 0 Å². The number of benzene rings is 1. The zero-order valence-corrected chi connectivity index (χ0v) is 14.9. The van der Waals surface area contributed by atoms with Gasteiger partial charge < -0.3 is 19.7 Å². The van der Waals surface area contributed by atoms with Crippen LogP contribution in [0.1, 0.15) is 38.2 Å². The van der Waals surface area contributed by atoms with Gasteiger partial charge in [0.2, 0.25) is 5.91 Å². The van der Waals surface area contributed by atoms with E-state index >= 15 is 0 Å². The lowest BCUT2D eigenvalue weighted by Gasteiger charge is -2.32. The molecule has 2 fully saturated rings. The summed E-state index contributed by atoms with van der Waals surface area (Å²) >= 11 is 0. The molecule has 2 aliphatic rings. The molecule has 2 atom stereocenters. The fraction of sp³-hybridized carbons (Fsp3) is 0.632. The summed E-state index contributed by atoms with van der Waals surface area (Å²) < 4.78 is 10.8. The zero-order valence-electron chi connectivity index (χ0n) is 14.9. The van der Waals surface area contributed by atoms with Crippen LogP contribution in [0.5, 0.6) is 11.5 Å². The molecule has 132 valence electrons. The van der Waals surface area contributed by atoms with Gasteiger partial charge in [0.15, 0.2) is 0 Å². The predicted molar refractivity (Wildman–Crippen MR) is 93.3 cm³/mol. The van der Waals surface area contributed by atoms with E-state index in [2.05, 4.69) is 17.1 Å². The van der Waals surface area contributed by atoms with E-state index in [9.17, 15) is 4.79 Å². The minimum atomic E-state index is 0.137. The highest BCUT2D eigenvalue weighted by molar-refractivity contribution is 5.79. The Morgan fingerprint density at radius 1 is 1.25 bits per heavy atom. The minimum Gasteiger partial charge on any atom is -0.497 e. The summed E-state index contributed by atoms with van der Waals surface area (Å²) in [6.07, 6.45) is 4.08. The largest absolute Gasteiger partial charge is 0.497 e. The van der Waals surface area contributed by atoms with Crippen molar-refractivity contribution in [3.63, 3.8) is 0 Å². The number of methoxy groups -OCH3 is 2. The molecule has 0 unspecified atom stereocenters. The first-order chi connectivity index (χ1) is 11.6. The van der Waals surface area contributed by atoms with E-state index < -0.39 is 0 Å². The Morgan fingerprint density at radius 2 is 2.04 bits per heavy atom. The summed E-state index contributed by atoms with van der Waals surface area (Å²) in [5.74, 6) is 2.05. The molecule has 1 aliphatic carbocycles. The maximum atomic E-state index is 13.1. The first-order valence-corrected chi connectivity index (χ1v) is 8.87. The van der Waals surface area contributed by atoms with Crippen molar-refractivity contribution in [3.05, 3.63) is 23.8 Å². The van der Waals surface area contributed by atoms with E-state index in [1.807, 2.05) is 18.2 Å². The summed E-state index contributed by atoms with van der Waals surface area (Å²) in [4.78, 5) is 15.2. The summed E-state index contributed by atoms with van der Waals surface area (Å²) in [7, 11) is 3.33. The van der Waals surface area contributed by atoms with Crippen LogP contribution in [0, 0.1) is 5.92 Å². The highest BCUT2D eigenvalue weighted by Crippen LogP contribution is 2.34.